The van der Waals surface area contributed by atoms with Crippen LogP contribution in [-0.2, 0) is 16.0 Å². The summed E-state index contributed by atoms with van der Waals surface area (Å²) in [5.41, 5.74) is 1.40. The summed E-state index contributed by atoms with van der Waals surface area (Å²) in [6.07, 6.45) is 5.02. The van der Waals surface area contributed by atoms with Crippen LogP contribution in [0.15, 0.2) is 30.3 Å². The Morgan fingerprint density at radius 2 is 1.65 bits per heavy atom. The fraction of sp³-hybridized carbons (Fsp3) is 0.619. The monoisotopic (exact) mass is 357 g/mol. The number of benzene rings is 1. The van der Waals surface area contributed by atoms with Crippen LogP contribution in [-0.4, -0.2) is 61.4 Å². The van der Waals surface area contributed by atoms with Crippen molar-refractivity contribution in [2.24, 2.45) is 11.8 Å². The molecule has 0 bridgehead atoms. The molecule has 0 saturated carbocycles. The normalized spacial score (nSPS) is 20.1. The molecule has 2 aliphatic rings. The summed E-state index contributed by atoms with van der Waals surface area (Å²) >= 11 is 0. The van der Waals surface area contributed by atoms with Crippen LogP contribution in [0.1, 0.15) is 31.2 Å². The van der Waals surface area contributed by atoms with Crippen molar-refractivity contribution in [1.82, 2.24) is 15.1 Å². The Morgan fingerprint density at radius 1 is 1.00 bits per heavy atom. The van der Waals surface area contributed by atoms with Gasteiger partial charge < -0.3 is 10.2 Å². The van der Waals surface area contributed by atoms with E-state index in [4.69, 9.17) is 0 Å². The molecule has 0 aliphatic carbocycles. The van der Waals surface area contributed by atoms with Crippen LogP contribution < -0.4 is 5.32 Å². The minimum atomic E-state index is 0.111. The Hall–Kier alpha value is -1.88. The van der Waals surface area contributed by atoms with Crippen LogP contribution in [0.3, 0.4) is 0 Å². The van der Waals surface area contributed by atoms with Gasteiger partial charge in [0.2, 0.25) is 11.8 Å². The van der Waals surface area contributed by atoms with Gasteiger partial charge in [-0.25, -0.2) is 0 Å². The highest BCUT2D eigenvalue weighted by atomic mass is 16.2. The van der Waals surface area contributed by atoms with Gasteiger partial charge in [-0.1, -0.05) is 30.3 Å². The number of piperidine rings is 2. The second-order valence-corrected chi connectivity index (χ2v) is 7.68. The summed E-state index contributed by atoms with van der Waals surface area (Å²) in [5, 5.41) is 2.73. The van der Waals surface area contributed by atoms with Gasteiger partial charge in [-0.05, 0) is 56.7 Å². The zero-order valence-corrected chi connectivity index (χ0v) is 15.8. The van der Waals surface area contributed by atoms with Crippen molar-refractivity contribution in [1.29, 1.82) is 0 Å². The first-order chi connectivity index (χ1) is 12.7. The molecule has 26 heavy (non-hydrogen) atoms. The minimum Gasteiger partial charge on any atom is -0.359 e. The lowest BCUT2D eigenvalue weighted by Crippen LogP contribution is -2.47. The summed E-state index contributed by atoms with van der Waals surface area (Å²) < 4.78 is 0. The maximum Gasteiger partial charge on any atom is 0.236 e. The van der Waals surface area contributed by atoms with E-state index in [-0.39, 0.29) is 17.7 Å². The summed E-state index contributed by atoms with van der Waals surface area (Å²) in [6.45, 7) is 3.95. The van der Waals surface area contributed by atoms with Gasteiger partial charge in [0.15, 0.2) is 0 Å². The van der Waals surface area contributed by atoms with Gasteiger partial charge >= 0.3 is 0 Å². The first-order valence-corrected chi connectivity index (χ1v) is 9.91. The maximum atomic E-state index is 12.6. The number of likely N-dealkylation sites (tertiary alicyclic amines) is 2. The molecule has 1 aromatic carbocycles. The molecule has 1 aromatic rings. The largest absolute Gasteiger partial charge is 0.359 e. The van der Waals surface area contributed by atoms with E-state index in [0.717, 1.165) is 58.3 Å². The third kappa shape index (κ3) is 5.07. The molecule has 5 nitrogen and oxygen atoms in total. The Labute approximate surface area is 156 Å². The fourth-order valence-electron chi connectivity index (χ4n) is 4.18. The van der Waals surface area contributed by atoms with Gasteiger partial charge in [0.25, 0.3) is 0 Å². The summed E-state index contributed by atoms with van der Waals surface area (Å²) in [7, 11) is 1.69. The van der Waals surface area contributed by atoms with E-state index in [1.807, 2.05) is 4.90 Å². The lowest BCUT2D eigenvalue weighted by Gasteiger charge is -2.35. The SMILES string of the molecule is CNC(=O)C1CCN(CC(=O)N2CCC(Cc3ccccc3)CC2)CC1. The van der Waals surface area contributed by atoms with Crippen molar-refractivity contribution < 1.29 is 9.59 Å². The lowest BCUT2D eigenvalue weighted by molar-refractivity contribution is -0.134. The van der Waals surface area contributed by atoms with E-state index in [1.54, 1.807) is 7.05 Å². The Morgan fingerprint density at radius 3 is 2.27 bits per heavy atom. The van der Waals surface area contributed by atoms with Crippen LogP contribution in [0, 0.1) is 11.8 Å². The predicted octanol–water partition coefficient (Wildman–Crippen LogP) is 1.93. The molecule has 0 radical (unpaired) electrons. The van der Waals surface area contributed by atoms with Gasteiger partial charge in [-0.2, -0.15) is 0 Å². The van der Waals surface area contributed by atoms with Gasteiger partial charge in [0.05, 0.1) is 6.54 Å². The standard InChI is InChI=1S/C21H31N3O2/c1-22-21(26)19-9-11-23(12-10-19)16-20(25)24-13-7-18(8-14-24)15-17-5-3-2-4-6-17/h2-6,18-19H,7-16H2,1H3,(H,22,26). The Bertz CT molecular complexity index is 589. The lowest BCUT2D eigenvalue weighted by atomic mass is 9.90. The van der Waals surface area contributed by atoms with E-state index in [1.165, 1.54) is 5.56 Å². The summed E-state index contributed by atoms with van der Waals surface area (Å²) in [4.78, 5) is 28.5. The van der Waals surface area contributed by atoms with E-state index in [0.29, 0.717) is 12.5 Å². The molecular formula is C21H31N3O2. The molecule has 2 saturated heterocycles. The third-order valence-corrected chi connectivity index (χ3v) is 5.90. The fourth-order valence-corrected chi connectivity index (χ4v) is 4.18. The van der Waals surface area contributed by atoms with Crippen LogP contribution in [0.4, 0.5) is 0 Å². The van der Waals surface area contributed by atoms with Crippen LogP contribution in [0.2, 0.25) is 0 Å². The van der Waals surface area contributed by atoms with Crippen molar-refractivity contribution in [3.05, 3.63) is 35.9 Å². The quantitative estimate of drug-likeness (QED) is 0.876. The van der Waals surface area contributed by atoms with E-state index < -0.39 is 0 Å². The molecule has 5 heteroatoms. The van der Waals surface area contributed by atoms with Crippen molar-refractivity contribution in [2.45, 2.75) is 32.1 Å². The zero-order valence-electron chi connectivity index (χ0n) is 15.8. The molecule has 2 aliphatic heterocycles. The number of rotatable bonds is 5. The number of carbonyl (C=O) groups is 2. The maximum absolute atomic E-state index is 12.6. The van der Waals surface area contributed by atoms with Crippen molar-refractivity contribution in [3.8, 4) is 0 Å². The van der Waals surface area contributed by atoms with Gasteiger partial charge in [-0.15, -0.1) is 0 Å². The molecular weight excluding hydrogens is 326 g/mol. The van der Waals surface area contributed by atoms with Crippen LogP contribution in [0.25, 0.3) is 0 Å². The van der Waals surface area contributed by atoms with Crippen molar-refractivity contribution in [3.63, 3.8) is 0 Å². The molecule has 0 unspecified atom stereocenters. The number of amides is 2. The Kier molecular flexibility index (Phi) is 6.67. The first kappa shape index (κ1) is 18.9. The highest BCUT2D eigenvalue weighted by Gasteiger charge is 2.28. The highest BCUT2D eigenvalue weighted by molar-refractivity contribution is 5.79. The smallest absolute Gasteiger partial charge is 0.236 e. The van der Waals surface area contributed by atoms with Crippen molar-refractivity contribution >= 4 is 11.8 Å². The molecule has 2 fully saturated rings. The molecule has 2 amide bonds. The second kappa shape index (κ2) is 9.17. The number of nitrogens with zero attached hydrogens (tertiary/aromatic N) is 2. The number of hydrogen-bond donors (Lipinski definition) is 1. The topological polar surface area (TPSA) is 52.7 Å². The van der Waals surface area contributed by atoms with Crippen LogP contribution in [0.5, 0.6) is 0 Å². The first-order valence-electron chi connectivity index (χ1n) is 9.91. The average Bonchev–Trinajstić information content (AvgIpc) is 2.69. The molecule has 0 atom stereocenters. The minimum absolute atomic E-state index is 0.111. The van der Waals surface area contributed by atoms with Gasteiger partial charge in [0.1, 0.15) is 0 Å². The van der Waals surface area contributed by atoms with Crippen molar-refractivity contribution in [2.75, 3.05) is 39.8 Å². The van der Waals surface area contributed by atoms with Gasteiger partial charge in [-0.3, -0.25) is 14.5 Å². The Balaban J connectivity index is 1.38. The van der Waals surface area contributed by atoms with E-state index in [2.05, 4.69) is 40.5 Å². The number of carbonyl (C=O) groups excluding carboxylic acids is 2. The van der Waals surface area contributed by atoms with Crippen LogP contribution >= 0.6 is 0 Å². The molecule has 142 valence electrons. The summed E-state index contributed by atoms with van der Waals surface area (Å²) in [5.74, 6) is 1.18. The van der Waals surface area contributed by atoms with E-state index >= 15 is 0 Å². The van der Waals surface area contributed by atoms with E-state index in [9.17, 15) is 9.59 Å². The predicted molar refractivity (Wildman–Crippen MR) is 103 cm³/mol. The summed E-state index contributed by atoms with van der Waals surface area (Å²) in [6, 6.07) is 10.6. The molecule has 0 spiro atoms. The molecule has 2 heterocycles. The average molecular weight is 357 g/mol. The molecule has 0 aromatic heterocycles. The number of nitrogens with one attached hydrogen (secondary N) is 1. The van der Waals surface area contributed by atoms with Gasteiger partial charge in [0, 0.05) is 26.1 Å². The second-order valence-electron chi connectivity index (χ2n) is 7.68. The highest BCUT2D eigenvalue weighted by Crippen LogP contribution is 2.22. The molecule has 1 N–H and O–H groups in total. The molecule has 3 rings (SSSR count). The zero-order chi connectivity index (χ0) is 18.4. The number of hydrogen-bond acceptors (Lipinski definition) is 3. The third-order valence-electron chi connectivity index (χ3n) is 5.90.